The van der Waals surface area contributed by atoms with Crippen molar-refractivity contribution in [3.05, 3.63) is 0 Å². The van der Waals surface area contributed by atoms with E-state index in [-0.39, 0.29) is 0 Å². The van der Waals surface area contributed by atoms with Gasteiger partial charge in [0.15, 0.2) is 0 Å². The van der Waals surface area contributed by atoms with Gasteiger partial charge in [0.2, 0.25) is 0 Å². The molecule has 0 radical (unpaired) electrons. The van der Waals surface area contributed by atoms with Crippen molar-refractivity contribution in [2.45, 2.75) is 76.3 Å². The van der Waals surface area contributed by atoms with Gasteiger partial charge in [0, 0.05) is 12.1 Å². The Labute approximate surface area is 111 Å². The highest BCUT2D eigenvalue weighted by Crippen LogP contribution is 2.39. The average Bonchev–Trinajstić information content (AvgIpc) is 2.46. The van der Waals surface area contributed by atoms with Crippen LogP contribution in [0.25, 0.3) is 0 Å². The van der Waals surface area contributed by atoms with Crippen LogP contribution in [0.3, 0.4) is 0 Å². The monoisotopic (exact) mass is 246 g/mol. The van der Waals surface area contributed by atoms with E-state index in [4.69, 9.17) is 0 Å². The first-order valence-electron chi connectivity index (χ1n) is 8.05. The van der Waals surface area contributed by atoms with Crippen molar-refractivity contribution < 1.29 is 0 Å². The average molecular weight is 246 g/mol. The minimum Gasteiger partial charge on any atom is -0.296 e. The fraction of sp³-hybridized carbons (Fsp3) is 0.938. The van der Waals surface area contributed by atoms with Crippen LogP contribution in [0.2, 0.25) is 0 Å². The lowest BCUT2D eigenvalue weighted by atomic mass is 9.75. The molecule has 0 spiro atoms. The third kappa shape index (κ3) is 2.30. The van der Waals surface area contributed by atoms with E-state index in [1.54, 1.807) is 0 Å². The molecule has 1 heterocycles. The number of hydrogen-bond acceptors (Lipinski definition) is 2. The predicted molar refractivity (Wildman–Crippen MR) is 73.0 cm³/mol. The number of nitriles is 1. The molecule has 0 aromatic heterocycles. The van der Waals surface area contributed by atoms with Crippen LogP contribution in [-0.2, 0) is 0 Å². The molecule has 3 fully saturated rings. The summed E-state index contributed by atoms with van der Waals surface area (Å²) in [7, 11) is 0. The number of hydrogen-bond donors (Lipinski definition) is 0. The third-order valence-corrected chi connectivity index (χ3v) is 5.61. The second-order valence-electron chi connectivity index (χ2n) is 6.58. The third-order valence-electron chi connectivity index (χ3n) is 5.61. The van der Waals surface area contributed by atoms with Crippen LogP contribution in [0.1, 0.15) is 64.2 Å². The molecule has 0 N–H and O–H groups in total. The van der Waals surface area contributed by atoms with Gasteiger partial charge in [0.1, 0.15) is 0 Å². The SMILES string of the molecule is N#CC1CCCCC1N1CCCC2CCCCC21. The van der Waals surface area contributed by atoms with E-state index < -0.39 is 0 Å². The Balaban J connectivity index is 1.74. The largest absolute Gasteiger partial charge is 0.296 e. The molecule has 2 saturated carbocycles. The van der Waals surface area contributed by atoms with E-state index in [2.05, 4.69) is 11.0 Å². The number of fused-ring (bicyclic) bond motifs is 1. The molecule has 100 valence electrons. The van der Waals surface area contributed by atoms with Gasteiger partial charge in [-0.3, -0.25) is 4.90 Å². The smallest absolute Gasteiger partial charge is 0.0672 e. The Bertz CT molecular complexity index is 318. The van der Waals surface area contributed by atoms with Gasteiger partial charge in [-0.15, -0.1) is 0 Å². The van der Waals surface area contributed by atoms with Crippen LogP contribution < -0.4 is 0 Å². The highest BCUT2D eigenvalue weighted by Gasteiger charge is 2.39. The topological polar surface area (TPSA) is 27.0 Å². The van der Waals surface area contributed by atoms with Crippen molar-refractivity contribution in [1.82, 2.24) is 4.90 Å². The maximum Gasteiger partial charge on any atom is 0.0672 e. The van der Waals surface area contributed by atoms with Gasteiger partial charge < -0.3 is 0 Å². The number of nitrogens with zero attached hydrogens (tertiary/aromatic N) is 2. The molecule has 1 saturated heterocycles. The molecule has 3 aliphatic rings. The van der Waals surface area contributed by atoms with Crippen molar-refractivity contribution in [3.63, 3.8) is 0 Å². The molecule has 0 aromatic rings. The molecule has 2 heteroatoms. The Morgan fingerprint density at radius 1 is 0.778 bits per heavy atom. The normalized spacial score (nSPS) is 41.9. The minimum absolute atomic E-state index is 0.319. The summed E-state index contributed by atoms with van der Waals surface area (Å²) in [6.45, 7) is 1.27. The first-order valence-corrected chi connectivity index (χ1v) is 8.05. The Morgan fingerprint density at radius 3 is 2.28 bits per heavy atom. The Morgan fingerprint density at radius 2 is 1.44 bits per heavy atom. The van der Waals surface area contributed by atoms with Crippen molar-refractivity contribution in [2.75, 3.05) is 6.54 Å². The van der Waals surface area contributed by atoms with Gasteiger partial charge >= 0.3 is 0 Å². The van der Waals surface area contributed by atoms with Crippen LogP contribution in [0.4, 0.5) is 0 Å². The maximum absolute atomic E-state index is 9.41. The van der Waals surface area contributed by atoms with E-state index in [1.807, 2.05) is 0 Å². The molecule has 0 bridgehead atoms. The zero-order valence-corrected chi connectivity index (χ0v) is 11.5. The lowest BCUT2D eigenvalue weighted by Gasteiger charge is -2.49. The van der Waals surface area contributed by atoms with Gasteiger partial charge in [-0.2, -0.15) is 5.26 Å². The lowest BCUT2D eigenvalue weighted by molar-refractivity contribution is 0.000820. The first kappa shape index (κ1) is 12.5. The molecule has 0 aromatic carbocycles. The summed E-state index contributed by atoms with van der Waals surface area (Å²) < 4.78 is 0. The van der Waals surface area contributed by atoms with Crippen LogP contribution in [-0.4, -0.2) is 23.5 Å². The van der Waals surface area contributed by atoms with E-state index >= 15 is 0 Å². The second kappa shape index (κ2) is 5.61. The predicted octanol–water partition coefficient (Wildman–Crippen LogP) is 3.72. The second-order valence-corrected chi connectivity index (χ2v) is 6.58. The number of rotatable bonds is 1. The molecule has 0 amide bonds. The summed E-state index contributed by atoms with van der Waals surface area (Å²) in [6, 6.07) is 4.02. The molecule has 2 nitrogen and oxygen atoms in total. The summed E-state index contributed by atoms with van der Waals surface area (Å²) in [5, 5.41) is 9.41. The van der Waals surface area contributed by atoms with E-state index in [9.17, 15) is 5.26 Å². The van der Waals surface area contributed by atoms with Crippen molar-refractivity contribution in [3.8, 4) is 6.07 Å². The molecule has 1 aliphatic heterocycles. The Kier molecular flexibility index (Phi) is 3.89. The summed E-state index contributed by atoms with van der Waals surface area (Å²) in [6.07, 6.45) is 13.6. The van der Waals surface area contributed by atoms with Crippen LogP contribution in [0, 0.1) is 23.2 Å². The number of piperidine rings is 1. The lowest BCUT2D eigenvalue weighted by Crippen LogP contribution is -2.54. The molecule has 18 heavy (non-hydrogen) atoms. The summed E-state index contributed by atoms with van der Waals surface area (Å²) >= 11 is 0. The van der Waals surface area contributed by atoms with Crippen LogP contribution >= 0.6 is 0 Å². The summed E-state index contributed by atoms with van der Waals surface area (Å²) in [5.41, 5.74) is 0. The molecular weight excluding hydrogens is 220 g/mol. The molecule has 4 unspecified atom stereocenters. The fourth-order valence-corrected chi connectivity index (χ4v) is 4.73. The molecular formula is C16H26N2. The van der Waals surface area contributed by atoms with Gasteiger partial charge in [0.25, 0.3) is 0 Å². The highest BCUT2D eigenvalue weighted by atomic mass is 15.2. The zero-order chi connectivity index (χ0) is 12.4. The van der Waals surface area contributed by atoms with E-state index in [0.717, 1.165) is 18.4 Å². The van der Waals surface area contributed by atoms with Crippen molar-refractivity contribution in [1.29, 1.82) is 5.26 Å². The van der Waals surface area contributed by atoms with Crippen molar-refractivity contribution >= 4 is 0 Å². The fourth-order valence-electron chi connectivity index (χ4n) is 4.73. The quantitative estimate of drug-likeness (QED) is 0.705. The van der Waals surface area contributed by atoms with Gasteiger partial charge in [-0.05, 0) is 51.0 Å². The first-order chi connectivity index (χ1) is 8.90. The van der Waals surface area contributed by atoms with E-state index in [1.165, 1.54) is 64.3 Å². The van der Waals surface area contributed by atoms with Gasteiger partial charge in [-0.1, -0.05) is 25.7 Å². The van der Waals surface area contributed by atoms with Crippen LogP contribution in [0.15, 0.2) is 0 Å². The Hall–Kier alpha value is -0.550. The van der Waals surface area contributed by atoms with Gasteiger partial charge in [-0.25, -0.2) is 0 Å². The van der Waals surface area contributed by atoms with Crippen LogP contribution in [0.5, 0.6) is 0 Å². The highest BCUT2D eigenvalue weighted by molar-refractivity contribution is 5.00. The molecule has 4 atom stereocenters. The number of likely N-dealkylation sites (tertiary alicyclic amines) is 1. The minimum atomic E-state index is 0.319. The van der Waals surface area contributed by atoms with E-state index in [0.29, 0.717) is 12.0 Å². The van der Waals surface area contributed by atoms with Crippen molar-refractivity contribution in [2.24, 2.45) is 11.8 Å². The zero-order valence-electron chi connectivity index (χ0n) is 11.5. The molecule has 3 rings (SSSR count). The summed E-state index contributed by atoms with van der Waals surface area (Å²) in [4.78, 5) is 2.78. The standard InChI is InChI=1S/C16H26N2/c17-12-14-7-2-4-10-16(14)18-11-5-8-13-6-1-3-9-15(13)18/h13-16H,1-11H2. The van der Waals surface area contributed by atoms with Gasteiger partial charge in [0.05, 0.1) is 12.0 Å². The maximum atomic E-state index is 9.41. The summed E-state index contributed by atoms with van der Waals surface area (Å²) in [5.74, 6) is 1.27. The molecule has 2 aliphatic carbocycles.